The Morgan fingerprint density at radius 1 is 1.00 bits per heavy atom. The van der Waals surface area contributed by atoms with E-state index in [0.29, 0.717) is 19.0 Å². The second-order valence-electron chi connectivity index (χ2n) is 3.68. The zero-order valence-electron chi connectivity index (χ0n) is 10.1. The van der Waals surface area contributed by atoms with Crippen LogP contribution in [-0.2, 0) is 20.9 Å². The van der Waals surface area contributed by atoms with E-state index in [1.165, 1.54) is 11.4 Å². The number of halogens is 3. The zero-order valence-corrected chi connectivity index (χ0v) is 14.9. The van der Waals surface area contributed by atoms with Gasteiger partial charge in [-0.3, -0.25) is 0 Å². The van der Waals surface area contributed by atoms with Crippen molar-refractivity contribution in [2.75, 3.05) is 19.0 Å². The van der Waals surface area contributed by atoms with Crippen molar-refractivity contribution in [3.8, 4) is 0 Å². The van der Waals surface area contributed by atoms with Crippen molar-refractivity contribution < 1.29 is 9.05 Å². The van der Waals surface area contributed by atoms with Gasteiger partial charge >= 0.3 is 0 Å². The summed E-state index contributed by atoms with van der Waals surface area (Å²) in [5, 5.41) is -0.164. The molecule has 0 aromatic heterocycles. The molecule has 0 radical (unpaired) electrons. The highest BCUT2D eigenvalue weighted by Crippen LogP contribution is 2.61. The standard InChI is InChI=1S/C9H18Cl3O2PS2/c1-7(10)4-13-15(16,14-5-8(2)11)17-6-9(3)12/h7-9H,4-6H2,1-3H3. The molecule has 104 valence electrons. The average Bonchev–Trinajstić information content (AvgIpc) is 2.21. The Morgan fingerprint density at radius 3 is 1.71 bits per heavy atom. The topological polar surface area (TPSA) is 18.5 Å². The minimum absolute atomic E-state index is 0.0244. The van der Waals surface area contributed by atoms with Crippen LogP contribution < -0.4 is 0 Å². The minimum Gasteiger partial charge on any atom is -0.320 e. The van der Waals surface area contributed by atoms with Crippen molar-refractivity contribution in [1.29, 1.82) is 0 Å². The summed E-state index contributed by atoms with van der Waals surface area (Å²) in [4.78, 5) is 0. The lowest BCUT2D eigenvalue weighted by atomic mass is 10.5. The molecule has 3 atom stereocenters. The lowest BCUT2D eigenvalue weighted by molar-refractivity contribution is 0.262. The van der Waals surface area contributed by atoms with Crippen LogP contribution in [0.1, 0.15) is 20.8 Å². The first-order valence-corrected chi connectivity index (χ1v) is 10.7. The highest BCUT2D eigenvalue weighted by Gasteiger charge is 2.22. The van der Waals surface area contributed by atoms with E-state index in [1.54, 1.807) is 0 Å². The molecule has 8 heteroatoms. The fourth-order valence-electron chi connectivity index (χ4n) is 0.694. The Balaban J connectivity index is 4.29. The number of rotatable bonds is 9. The normalized spacial score (nSPS) is 20.6. The monoisotopic (exact) mass is 358 g/mol. The molecule has 0 saturated heterocycles. The lowest BCUT2D eigenvalue weighted by Gasteiger charge is -2.23. The van der Waals surface area contributed by atoms with Gasteiger partial charge in [0, 0.05) is 11.1 Å². The molecule has 17 heavy (non-hydrogen) atoms. The molecule has 0 aliphatic heterocycles. The molecule has 0 fully saturated rings. The SMILES string of the molecule is CC(Cl)COP(=S)(OCC(C)Cl)SCC(C)Cl. The summed E-state index contributed by atoms with van der Waals surface area (Å²) in [6.45, 7) is 6.35. The van der Waals surface area contributed by atoms with E-state index < -0.39 is 5.69 Å². The second-order valence-corrected chi connectivity index (χ2v) is 12.3. The summed E-state index contributed by atoms with van der Waals surface area (Å²) in [5.41, 5.74) is -2.38. The molecule has 0 spiro atoms. The van der Waals surface area contributed by atoms with E-state index in [1.807, 2.05) is 20.8 Å². The molecule has 0 aliphatic carbocycles. The maximum absolute atomic E-state index is 5.90. The van der Waals surface area contributed by atoms with Gasteiger partial charge in [-0.05, 0) is 32.6 Å². The summed E-state index contributed by atoms with van der Waals surface area (Å²) in [6.07, 6.45) is 0. The Hall–Kier alpha value is 1.79. The van der Waals surface area contributed by atoms with Crippen molar-refractivity contribution in [2.24, 2.45) is 0 Å². The first kappa shape index (κ1) is 18.8. The largest absolute Gasteiger partial charge is 0.320 e. The highest BCUT2D eigenvalue weighted by molar-refractivity contribution is 8.67. The molecule has 0 aromatic rings. The van der Waals surface area contributed by atoms with Gasteiger partial charge in [-0.2, -0.15) is 0 Å². The van der Waals surface area contributed by atoms with Crippen LogP contribution in [0.3, 0.4) is 0 Å². The van der Waals surface area contributed by atoms with Gasteiger partial charge in [0.25, 0.3) is 0 Å². The lowest BCUT2D eigenvalue weighted by Crippen LogP contribution is -2.08. The van der Waals surface area contributed by atoms with Crippen molar-refractivity contribution in [3.05, 3.63) is 0 Å². The van der Waals surface area contributed by atoms with Gasteiger partial charge in [0.05, 0.1) is 24.0 Å². The third kappa shape index (κ3) is 11.3. The van der Waals surface area contributed by atoms with Crippen LogP contribution in [0.5, 0.6) is 0 Å². The van der Waals surface area contributed by atoms with E-state index in [2.05, 4.69) is 0 Å². The first-order valence-electron chi connectivity index (χ1n) is 5.21. The van der Waals surface area contributed by atoms with E-state index in [0.717, 1.165) is 0 Å². The molecule has 0 aliphatic rings. The van der Waals surface area contributed by atoms with E-state index in [4.69, 9.17) is 55.7 Å². The number of hydrogen-bond acceptors (Lipinski definition) is 4. The molecular formula is C9H18Cl3O2PS2. The number of alkyl halides is 3. The fraction of sp³-hybridized carbons (Fsp3) is 1.00. The Bertz CT molecular complexity index is 214. The van der Waals surface area contributed by atoms with Gasteiger partial charge in [-0.1, -0.05) is 11.4 Å². The summed E-state index contributed by atoms with van der Waals surface area (Å²) in [7, 11) is 0. The van der Waals surface area contributed by atoms with Crippen molar-refractivity contribution in [3.63, 3.8) is 0 Å². The third-order valence-electron chi connectivity index (χ3n) is 1.39. The summed E-state index contributed by atoms with van der Waals surface area (Å²) < 4.78 is 11.2. The molecular weight excluding hydrogens is 342 g/mol. The Morgan fingerprint density at radius 2 is 1.41 bits per heavy atom. The third-order valence-corrected chi connectivity index (χ3v) is 7.48. The molecule has 0 N–H and O–H groups in total. The minimum atomic E-state index is -2.38. The predicted molar refractivity (Wildman–Crippen MR) is 84.6 cm³/mol. The summed E-state index contributed by atoms with van der Waals surface area (Å²) in [6, 6.07) is 0. The Labute approximate surface area is 128 Å². The van der Waals surface area contributed by atoms with Crippen molar-refractivity contribution in [2.45, 2.75) is 36.9 Å². The molecule has 0 amide bonds. The van der Waals surface area contributed by atoms with Crippen LogP contribution in [0.15, 0.2) is 0 Å². The second kappa shape index (κ2) is 9.66. The van der Waals surface area contributed by atoms with Crippen molar-refractivity contribution >= 4 is 63.7 Å². The van der Waals surface area contributed by atoms with Gasteiger partial charge in [0.15, 0.2) is 0 Å². The average molecular weight is 360 g/mol. The quantitative estimate of drug-likeness (QED) is 0.432. The smallest absolute Gasteiger partial charge is 0.247 e. The van der Waals surface area contributed by atoms with Gasteiger partial charge < -0.3 is 9.05 Å². The summed E-state index contributed by atoms with van der Waals surface area (Å²) >= 11 is 24.4. The molecule has 0 aromatic carbocycles. The Kier molecular flexibility index (Phi) is 10.7. The van der Waals surface area contributed by atoms with Gasteiger partial charge in [-0.25, -0.2) is 0 Å². The summed E-state index contributed by atoms with van der Waals surface area (Å²) in [5.74, 6) is 0.687. The predicted octanol–water partition coefficient (Wildman–Crippen LogP) is 4.86. The highest BCUT2D eigenvalue weighted by atomic mass is 35.5. The van der Waals surface area contributed by atoms with Crippen molar-refractivity contribution in [1.82, 2.24) is 0 Å². The maximum Gasteiger partial charge on any atom is 0.247 e. The first-order chi connectivity index (χ1) is 7.75. The number of hydrogen-bond donors (Lipinski definition) is 0. The van der Waals surface area contributed by atoms with Crippen LogP contribution in [0.2, 0.25) is 0 Å². The van der Waals surface area contributed by atoms with Crippen LogP contribution in [-0.4, -0.2) is 35.1 Å². The maximum atomic E-state index is 5.90. The van der Waals surface area contributed by atoms with Crippen LogP contribution in [0.25, 0.3) is 0 Å². The molecule has 0 rings (SSSR count). The fourth-order valence-corrected chi connectivity index (χ4v) is 5.82. The van der Waals surface area contributed by atoms with Gasteiger partial charge in [0.2, 0.25) is 5.69 Å². The van der Waals surface area contributed by atoms with E-state index in [9.17, 15) is 0 Å². The van der Waals surface area contributed by atoms with Gasteiger partial charge in [-0.15, -0.1) is 34.8 Å². The van der Waals surface area contributed by atoms with Gasteiger partial charge in [0.1, 0.15) is 0 Å². The molecule has 0 bridgehead atoms. The zero-order chi connectivity index (χ0) is 13.5. The van der Waals surface area contributed by atoms with Crippen LogP contribution >= 0.6 is 51.9 Å². The van der Waals surface area contributed by atoms with Crippen LogP contribution in [0.4, 0.5) is 0 Å². The molecule has 0 heterocycles. The van der Waals surface area contributed by atoms with E-state index in [-0.39, 0.29) is 16.1 Å². The molecule has 0 saturated carbocycles. The molecule has 2 nitrogen and oxygen atoms in total. The van der Waals surface area contributed by atoms with Crippen LogP contribution in [0, 0.1) is 0 Å². The molecule has 3 unspecified atom stereocenters. The van der Waals surface area contributed by atoms with E-state index >= 15 is 0 Å².